The van der Waals surface area contributed by atoms with E-state index in [4.69, 9.17) is 34.3 Å². The van der Waals surface area contributed by atoms with E-state index in [1.54, 1.807) is 23.7 Å². The molecule has 1 aromatic carbocycles. The number of fused-ring (bicyclic) bond motifs is 1. The molecule has 0 saturated heterocycles. The Labute approximate surface area is 125 Å². The van der Waals surface area contributed by atoms with Crippen molar-refractivity contribution in [2.24, 2.45) is 12.8 Å². The number of carbonyl (C=O) groups excluding carboxylic acids is 1. The lowest BCUT2D eigenvalue weighted by Crippen LogP contribution is -2.36. The van der Waals surface area contributed by atoms with Crippen molar-refractivity contribution in [1.29, 1.82) is 5.41 Å². The average Bonchev–Trinajstić information content (AvgIpc) is 2.59. The summed E-state index contributed by atoms with van der Waals surface area (Å²) in [5.74, 6) is -0.188. The lowest BCUT2D eigenvalue weighted by molar-refractivity contribution is -0.106. The molecule has 1 amide bonds. The Morgan fingerprint density at radius 1 is 1.47 bits per heavy atom. The number of nitrogens with zero attached hydrogens (tertiary/aromatic N) is 3. The zero-order valence-electron chi connectivity index (χ0n) is 9.72. The third-order valence-corrected chi connectivity index (χ3v) is 3.20. The lowest BCUT2D eigenvalue weighted by Gasteiger charge is -2.13. The van der Waals surface area contributed by atoms with Crippen molar-refractivity contribution in [1.82, 2.24) is 9.55 Å². The van der Waals surface area contributed by atoms with Crippen molar-refractivity contribution in [3.05, 3.63) is 22.2 Å². The third kappa shape index (κ3) is 2.60. The van der Waals surface area contributed by atoms with E-state index in [0.29, 0.717) is 27.5 Å². The number of nitrogens with two attached hydrogens (primary N) is 1. The van der Waals surface area contributed by atoms with Crippen LogP contribution in [-0.4, -0.2) is 21.9 Å². The van der Waals surface area contributed by atoms with Gasteiger partial charge in [0, 0.05) is 7.05 Å². The molecule has 1 heterocycles. The van der Waals surface area contributed by atoms with Crippen molar-refractivity contribution >= 4 is 65.0 Å². The summed E-state index contributed by atoms with van der Waals surface area (Å²) in [5, 5.41) is 8.07. The van der Waals surface area contributed by atoms with Crippen LogP contribution in [0.2, 0.25) is 10.0 Å². The number of rotatable bonds is 2. The molecule has 0 radical (unpaired) electrons. The molecule has 6 nitrogen and oxygen atoms in total. The first-order valence-electron chi connectivity index (χ1n) is 4.85. The van der Waals surface area contributed by atoms with Gasteiger partial charge in [0.15, 0.2) is 0 Å². The number of anilines is 1. The average molecular weight is 323 g/mol. The maximum Gasteiger partial charge on any atom is 0.223 e. The van der Waals surface area contributed by atoms with E-state index >= 15 is 0 Å². The predicted octanol–water partition coefficient (Wildman–Crippen LogP) is 2.16. The standard InChI is InChI=1S/C10H9Cl2N5O.ClH/c1-16-8-3-6(12)5(11)2-7(8)15-10(16)17(4-18)9(13)14;/h2-4H,1H3,(H3,13,14);1H. The predicted molar refractivity (Wildman–Crippen MR) is 78.4 cm³/mol. The van der Waals surface area contributed by atoms with Gasteiger partial charge in [-0.3, -0.25) is 10.2 Å². The Morgan fingerprint density at radius 2 is 2.05 bits per heavy atom. The van der Waals surface area contributed by atoms with Crippen LogP contribution in [0.4, 0.5) is 5.95 Å². The Balaban J connectivity index is 0.00000180. The van der Waals surface area contributed by atoms with E-state index in [2.05, 4.69) is 4.98 Å². The normalized spacial score (nSPS) is 10.1. The molecule has 102 valence electrons. The summed E-state index contributed by atoms with van der Waals surface area (Å²) < 4.78 is 1.60. The molecule has 2 aromatic rings. The number of hydrogen-bond donors (Lipinski definition) is 2. The quantitative estimate of drug-likeness (QED) is 0.504. The Morgan fingerprint density at radius 3 is 2.58 bits per heavy atom. The number of aryl methyl sites for hydroxylation is 1. The highest BCUT2D eigenvalue weighted by Crippen LogP contribution is 2.29. The molecule has 0 aliphatic heterocycles. The summed E-state index contributed by atoms with van der Waals surface area (Å²) in [4.78, 5) is 16.0. The van der Waals surface area contributed by atoms with Crippen LogP contribution in [0.5, 0.6) is 0 Å². The fourth-order valence-corrected chi connectivity index (χ4v) is 1.92. The van der Waals surface area contributed by atoms with Gasteiger partial charge in [0.25, 0.3) is 0 Å². The topological polar surface area (TPSA) is 88.0 Å². The molecule has 2 rings (SSSR count). The summed E-state index contributed by atoms with van der Waals surface area (Å²) in [5.41, 5.74) is 6.55. The molecule has 0 aliphatic carbocycles. The van der Waals surface area contributed by atoms with E-state index in [-0.39, 0.29) is 18.4 Å². The number of nitrogens with one attached hydrogen (secondary N) is 1. The first kappa shape index (κ1) is 15.6. The minimum Gasteiger partial charge on any atom is -0.369 e. The molecular formula is C10H10Cl3N5O. The van der Waals surface area contributed by atoms with Crippen LogP contribution in [0.1, 0.15) is 0 Å². The number of hydrogen-bond acceptors (Lipinski definition) is 3. The van der Waals surface area contributed by atoms with Gasteiger partial charge < -0.3 is 10.3 Å². The largest absolute Gasteiger partial charge is 0.369 e. The van der Waals surface area contributed by atoms with Crippen molar-refractivity contribution in [2.45, 2.75) is 0 Å². The van der Waals surface area contributed by atoms with Crippen molar-refractivity contribution in [2.75, 3.05) is 4.90 Å². The van der Waals surface area contributed by atoms with Gasteiger partial charge in [-0.25, -0.2) is 9.88 Å². The van der Waals surface area contributed by atoms with E-state index in [9.17, 15) is 4.79 Å². The highest BCUT2D eigenvalue weighted by atomic mass is 35.5. The van der Waals surface area contributed by atoms with Gasteiger partial charge in [-0.15, -0.1) is 12.4 Å². The molecule has 3 N–H and O–H groups in total. The molecule has 0 bridgehead atoms. The fourth-order valence-electron chi connectivity index (χ4n) is 1.60. The molecule has 0 fully saturated rings. The van der Waals surface area contributed by atoms with Crippen molar-refractivity contribution in [3.63, 3.8) is 0 Å². The van der Waals surface area contributed by atoms with Crippen molar-refractivity contribution < 1.29 is 4.79 Å². The highest BCUT2D eigenvalue weighted by molar-refractivity contribution is 6.42. The van der Waals surface area contributed by atoms with Gasteiger partial charge in [0.1, 0.15) is 0 Å². The van der Waals surface area contributed by atoms with Crippen LogP contribution >= 0.6 is 35.6 Å². The van der Waals surface area contributed by atoms with Gasteiger partial charge in [-0.2, -0.15) is 0 Å². The first-order chi connectivity index (χ1) is 8.45. The second kappa shape index (κ2) is 5.64. The van der Waals surface area contributed by atoms with Crippen LogP contribution < -0.4 is 10.6 Å². The number of halogens is 3. The smallest absolute Gasteiger partial charge is 0.223 e. The second-order valence-electron chi connectivity index (χ2n) is 3.59. The van der Waals surface area contributed by atoms with Gasteiger partial charge >= 0.3 is 0 Å². The molecule has 0 aliphatic rings. The first-order valence-corrected chi connectivity index (χ1v) is 5.61. The zero-order valence-corrected chi connectivity index (χ0v) is 12.1. The summed E-state index contributed by atoms with van der Waals surface area (Å²) >= 11 is 11.8. The third-order valence-electron chi connectivity index (χ3n) is 2.48. The SMILES string of the molecule is Cl.Cn1c(N(C=O)C(=N)N)nc2cc(Cl)c(Cl)cc21. The van der Waals surface area contributed by atoms with Crippen LogP contribution in [-0.2, 0) is 11.8 Å². The van der Waals surface area contributed by atoms with Crippen molar-refractivity contribution in [3.8, 4) is 0 Å². The summed E-state index contributed by atoms with van der Waals surface area (Å²) in [6, 6.07) is 3.23. The number of guanidine groups is 1. The Kier molecular flexibility index (Phi) is 4.62. The molecule has 9 heteroatoms. The molecular weight excluding hydrogens is 313 g/mol. The van der Waals surface area contributed by atoms with E-state index < -0.39 is 5.96 Å². The molecule has 0 atom stereocenters. The van der Waals surface area contributed by atoms with Crippen LogP contribution in [0.3, 0.4) is 0 Å². The molecule has 0 spiro atoms. The Hall–Kier alpha value is -1.50. The second-order valence-corrected chi connectivity index (χ2v) is 4.40. The zero-order chi connectivity index (χ0) is 13.4. The monoisotopic (exact) mass is 321 g/mol. The number of benzene rings is 1. The molecule has 1 aromatic heterocycles. The lowest BCUT2D eigenvalue weighted by atomic mass is 10.3. The highest BCUT2D eigenvalue weighted by Gasteiger charge is 2.17. The van der Waals surface area contributed by atoms with Gasteiger partial charge in [-0.05, 0) is 12.1 Å². The molecule has 0 unspecified atom stereocenters. The molecule has 19 heavy (non-hydrogen) atoms. The number of aromatic nitrogens is 2. The van der Waals surface area contributed by atoms with Gasteiger partial charge in [-0.1, -0.05) is 23.2 Å². The number of imidazole rings is 1. The number of carbonyl (C=O) groups is 1. The summed E-state index contributed by atoms with van der Waals surface area (Å²) in [6.45, 7) is 0. The van der Waals surface area contributed by atoms with Crippen LogP contribution in [0, 0.1) is 5.41 Å². The van der Waals surface area contributed by atoms with Crippen LogP contribution in [0.25, 0.3) is 11.0 Å². The van der Waals surface area contributed by atoms with Crippen LogP contribution in [0.15, 0.2) is 12.1 Å². The Bertz CT molecular complexity index is 654. The van der Waals surface area contributed by atoms with Gasteiger partial charge in [0.05, 0.1) is 21.1 Å². The molecule has 0 saturated carbocycles. The fraction of sp³-hybridized carbons (Fsp3) is 0.100. The maximum atomic E-state index is 10.9. The minimum absolute atomic E-state index is 0. The van der Waals surface area contributed by atoms with Gasteiger partial charge in [0.2, 0.25) is 18.3 Å². The summed E-state index contributed by atoms with van der Waals surface area (Å²) in [6.07, 6.45) is 0.423. The van der Waals surface area contributed by atoms with E-state index in [1.165, 1.54) is 0 Å². The van der Waals surface area contributed by atoms with E-state index in [0.717, 1.165) is 4.90 Å². The number of amides is 1. The maximum absolute atomic E-state index is 10.9. The summed E-state index contributed by atoms with van der Waals surface area (Å²) in [7, 11) is 1.69. The van der Waals surface area contributed by atoms with E-state index in [1.807, 2.05) is 0 Å². The minimum atomic E-state index is -0.416.